The maximum absolute atomic E-state index is 6.21. The molecule has 1 aromatic heterocycles. The monoisotopic (exact) mass is 438 g/mol. The zero-order valence-corrected chi connectivity index (χ0v) is 14.8. The van der Waals surface area contributed by atoms with Crippen LogP contribution in [0, 0.1) is 3.57 Å². The van der Waals surface area contributed by atoms with Gasteiger partial charge in [0, 0.05) is 22.4 Å². The van der Waals surface area contributed by atoms with E-state index >= 15 is 0 Å². The van der Waals surface area contributed by atoms with Crippen molar-refractivity contribution < 1.29 is 0 Å². The smallest absolute Gasteiger partial charge is 0.146 e. The van der Waals surface area contributed by atoms with Gasteiger partial charge in [-0.3, -0.25) is 0 Å². The Morgan fingerprint density at radius 2 is 1.90 bits per heavy atom. The van der Waals surface area contributed by atoms with E-state index in [0.717, 1.165) is 14.8 Å². The predicted molar refractivity (Wildman–Crippen MR) is 91.0 cm³/mol. The lowest BCUT2D eigenvalue weighted by atomic mass is 10.1. The molecule has 0 aliphatic heterocycles. The van der Waals surface area contributed by atoms with E-state index in [1.165, 1.54) is 12.8 Å². The Hall–Kier alpha value is -0.100. The molecule has 20 heavy (non-hydrogen) atoms. The summed E-state index contributed by atoms with van der Waals surface area (Å²) >= 11 is 20.5. The summed E-state index contributed by atoms with van der Waals surface area (Å²) in [4.78, 5) is 9.02. The maximum atomic E-state index is 6.21. The standard InChI is InChI=1S/C14H10Cl3IN2/c15-9-4-3-8(10(16)6-9)5-11-19-13(7-1-2-7)12(18)14(17)20-11/h3-4,6-7H,1-2,5H2. The molecule has 0 amide bonds. The van der Waals surface area contributed by atoms with E-state index in [9.17, 15) is 0 Å². The van der Waals surface area contributed by atoms with Crippen LogP contribution in [0.25, 0.3) is 0 Å². The van der Waals surface area contributed by atoms with Crippen LogP contribution < -0.4 is 0 Å². The predicted octanol–water partition coefficient (Wildman–Crippen LogP) is 5.51. The SMILES string of the molecule is Clc1ccc(Cc2nc(Cl)c(I)c(C3CC3)n2)c(Cl)c1. The highest BCUT2D eigenvalue weighted by Crippen LogP contribution is 2.42. The van der Waals surface area contributed by atoms with Gasteiger partial charge in [0.1, 0.15) is 11.0 Å². The van der Waals surface area contributed by atoms with Crippen LogP contribution in [0.5, 0.6) is 0 Å². The van der Waals surface area contributed by atoms with Gasteiger partial charge in [0.05, 0.1) is 9.26 Å². The van der Waals surface area contributed by atoms with Crippen LogP contribution in [0.1, 0.15) is 35.8 Å². The molecule has 0 atom stereocenters. The van der Waals surface area contributed by atoms with Crippen molar-refractivity contribution in [2.75, 3.05) is 0 Å². The molecule has 1 aliphatic rings. The van der Waals surface area contributed by atoms with E-state index in [2.05, 4.69) is 32.6 Å². The number of halogens is 4. The maximum Gasteiger partial charge on any atom is 0.146 e. The average molecular weight is 440 g/mol. The Balaban J connectivity index is 1.94. The Morgan fingerprint density at radius 3 is 2.55 bits per heavy atom. The van der Waals surface area contributed by atoms with E-state index < -0.39 is 0 Å². The van der Waals surface area contributed by atoms with Gasteiger partial charge in [-0.05, 0) is 53.1 Å². The first-order valence-electron chi connectivity index (χ1n) is 6.20. The second kappa shape index (κ2) is 5.95. The van der Waals surface area contributed by atoms with E-state index in [-0.39, 0.29) is 0 Å². The van der Waals surface area contributed by atoms with Crippen molar-refractivity contribution in [2.45, 2.75) is 25.2 Å². The minimum absolute atomic E-state index is 0.530. The molecule has 104 valence electrons. The summed E-state index contributed by atoms with van der Waals surface area (Å²) in [6.45, 7) is 0. The van der Waals surface area contributed by atoms with E-state index in [4.69, 9.17) is 34.8 Å². The molecule has 2 aromatic rings. The van der Waals surface area contributed by atoms with Crippen LogP contribution in [0.15, 0.2) is 18.2 Å². The normalized spacial score (nSPS) is 14.6. The van der Waals surface area contributed by atoms with E-state index in [0.29, 0.717) is 33.4 Å². The number of nitrogens with zero attached hydrogens (tertiary/aromatic N) is 2. The van der Waals surface area contributed by atoms with Crippen molar-refractivity contribution in [1.82, 2.24) is 9.97 Å². The van der Waals surface area contributed by atoms with Gasteiger partial charge in [-0.1, -0.05) is 40.9 Å². The third-order valence-electron chi connectivity index (χ3n) is 3.21. The van der Waals surface area contributed by atoms with Gasteiger partial charge in [-0.25, -0.2) is 9.97 Å². The molecule has 1 heterocycles. The topological polar surface area (TPSA) is 25.8 Å². The van der Waals surface area contributed by atoms with Crippen molar-refractivity contribution in [3.63, 3.8) is 0 Å². The van der Waals surface area contributed by atoms with Crippen LogP contribution in [0.3, 0.4) is 0 Å². The molecule has 1 aromatic carbocycles. The summed E-state index contributed by atoms with van der Waals surface area (Å²) in [6.07, 6.45) is 2.93. The molecule has 3 rings (SSSR count). The first-order valence-corrected chi connectivity index (χ1v) is 8.41. The zero-order chi connectivity index (χ0) is 14.3. The van der Waals surface area contributed by atoms with Gasteiger partial charge < -0.3 is 0 Å². The van der Waals surface area contributed by atoms with Gasteiger partial charge in [0.15, 0.2) is 0 Å². The fraction of sp³-hybridized carbons (Fsp3) is 0.286. The minimum Gasteiger partial charge on any atom is -0.236 e. The summed E-state index contributed by atoms with van der Waals surface area (Å²) in [5.74, 6) is 1.25. The highest BCUT2D eigenvalue weighted by molar-refractivity contribution is 14.1. The molecule has 0 unspecified atom stereocenters. The highest BCUT2D eigenvalue weighted by Gasteiger charge is 2.29. The fourth-order valence-electron chi connectivity index (χ4n) is 2.02. The second-order valence-corrected chi connectivity index (χ2v) is 7.10. The molecule has 1 saturated carbocycles. The summed E-state index contributed by atoms with van der Waals surface area (Å²) in [6, 6.07) is 5.45. The Morgan fingerprint density at radius 1 is 1.15 bits per heavy atom. The van der Waals surface area contributed by atoms with Gasteiger partial charge in [-0.2, -0.15) is 0 Å². The second-order valence-electron chi connectivity index (χ2n) is 4.82. The first kappa shape index (κ1) is 14.8. The lowest BCUT2D eigenvalue weighted by Gasteiger charge is -2.08. The van der Waals surface area contributed by atoms with Gasteiger partial charge >= 0.3 is 0 Å². The number of benzene rings is 1. The largest absolute Gasteiger partial charge is 0.236 e. The molecule has 1 aliphatic carbocycles. The number of rotatable bonds is 3. The Kier molecular flexibility index (Phi) is 4.41. The first-order chi connectivity index (χ1) is 9.54. The molecular formula is C14H10Cl3IN2. The Bertz CT molecular complexity index is 672. The van der Waals surface area contributed by atoms with Gasteiger partial charge in [0.25, 0.3) is 0 Å². The van der Waals surface area contributed by atoms with Crippen molar-refractivity contribution in [2.24, 2.45) is 0 Å². The molecule has 0 N–H and O–H groups in total. The fourth-order valence-corrected chi connectivity index (χ4v) is 3.37. The number of hydrogen-bond donors (Lipinski definition) is 0. The average Bonchev–Trinajstić information content (AvgIpc) is 3.21. The molecule has 0 bridgehead atoms. The van der Waals surface area contributed by atoms with E-state index in [1.54, 1.807) is 6.07 Å². The molecule has 0 saturated heterocycles. The Labute approximate surface area is 146 Å². The molecule has 0 radical (unpaired) electrons. The van der Waals surface area contributed by atoms with Crippen LogP contribution in [-0.2, 0) is 6.42 Å². The quantitative estimate of drug-likeness (QED) is 0.466. The lowest BCUT2D eigenvalue weighted by molar-refractivity contribution is 0.889. The van der Waals surface area contributed by atoms with Crippen molar-refractivity contribution >= 4 is 57.4 Å². The number of hydrogen-bond acceptors (Lipinski definition) is 2. The molecule has 6 heteroatoms. The summed E-state index contributed by atoms with van der Waals surface area (Å²) in [5, 5.41) is 1.78. The highest BCUT2D eigenvalue weighted by atomic mass is 127. The van der Waals surface area contributed by atoms with Crippen LogP contribution in [0.2, 0.25) is 15.2 Å². The third kappa shape index (κ3) is 3.21. The van der Waals surface area contributed by atoms with Crippen LogP contribution >= 0.6 is 57.4 Å². The molecule has 0 spiro atoms. The van der Waals surface area contributed by atoms with Gasteiger partial charge in [0.2, 0.25) is 0 Å². The summed E-state index contributed by atoms with van der Waals surface area (Å²) in [5.41, 5.74) is 2.03. The van der Waals surface area contributed by atoms with Crippen molar-refractivity contribution in [1.29, 1.82) is 0 Å². The van der Waals surface area contributed by atoms with Crippen LogP contribution in [0.4, 0.5) is 0 Å². The zero-order valence-electron chi connectivity index (χ0n) is 10.3. The van der Waals surface area contributed by atoms with Crippen LogP contribution in [-0.4, -0.2) is 9.97 Å². The summed E-state index contributed by atoms with van der Waals surface area (Å²) < 4.78 is 0.970. The molecular weight excluding hydrogens is 429 g/mol. The third-order valence-corrected chi connectivity index (χ3v) is 5.45. The van der Waals surface area contributed by atoms with Crippen molar-refractivity contribution in [3.05, 3.63) is 54.0 Å². The molecule has 1 fully saturated rings. The summed E-state index contributed by atoms with van der Waals surface area (Å²) in [7, 11) is 0. The number of aromatic nitrogens is 2. The van der Waals surface area contributed by atoms with Gasteiger partial charge in [-0.15, -0.1) is 0 Å². The lowest BCUT2D eigenvalue weighted by Crippen LogP contribution is -2.04. The molecule has 2 nitrogen and oxygen atoms in total. The minimum atomic E-state index is 0.530. The van der Waals surface area contributed by atoms with Crippen molar-refractivity contribution in [3.8, 4) is 0 Å². The van der Waals surface area contributed by atoms with E-state index in [1.807, 2.05) is 12.1 Å².